The molecule has 0 aliphatic carbocycles. The maximum atomic E-state index is 11.7. The number of hydrogen-bond donors (Lipinski definition) is 2. The monoisotopic (exact) mass is 223 g/mol. The van der Waals surface area contributed by atoms with Gasteiger partial charge in [-0.15, -0.1) is 0 Å². The van der Waals surface area contributed by atoms with Gasteiger partial charge < -0.3 is 10.4 Å². The molecule has 16 heavy (non-hydrogen) atoms. The van der Waals surface area contributed by atoms with Crippen molar-refractivity contribution in [2.24, 2.45) is 0 Å². The van der Waals surface area contributed by atoms with E-state index in [1.54, 1.807) is 0 Å². The summed E-state index contributed by atoms with van der Waals surface area (Å²) < 4.78 is 1.82. The van der Waals surface area contributed by atoms with Crippen LogP contribution >= 0.6 is 0 Å². The van der Waals surface area contributed by atoms with Gasteiger partial charge in [0.25, 0.3) is 5.91 Å². The van der Waals surface area contributed by atoms with Gasteiger partial charge >= 0.3 is 5.97 Å². The summed E-state index contributed by atoms with van der Waals surface area (Å²) in [7, 11) is 0. The largest absolute Gasteiger partial charge is 0.480 e. The number of carbonyl (C=O) groups excluding carboxylic acids is 1. The molecular formula is C10H13N3O3. The minimum absolute atomic E-state index is 0.356. The Morgan fingerprint density at radius 2 is 2.31 bits per heavy atom. The average molecular weight is 223 g/mol. The van der Waals surface area contributed by atoms with Gasteiger partial charge in [-0.05, 0) is 19.3 Å². The molecule has 1 aromatic heterocycles. The van der Waals surface area contributed by atoms with Crippen LogP contribution in [0.1, 0.15) is 28.9 Å². The maximum absolute atomic E-state index is 11.7. The van der Waals surface area contributed by atoms with Crippen LogP contribution in [0.3, 0.4) is 0 Å². The van der Waals surface area contributed by atoms with Gasteiger partial charge in [-0.3, -0.25) is 14.3 Å². The summed E-state index contributed by atoms with van der Waals surface area (Å²) in [5.74, 6) is -1.40. The first-order valence-corrected chi connectivity index (χ1v) is 5.23. The van der Waals surface area contributed by atoms with Crippen LogP contribution in [0.4, 0.5) is 0 Å². The van der Waals surface area contributed by atoms with E-state index in [1.165, 1.54) is 6.20 Å². The summed E-state index contributed by atoms with van der Waals surface area (Å²) >= 11 is 0. The molecule has 0 aromatic carbocycles. The minimum atomic E-state index is -1.05. The second kappa shape index (κ2) is 4.34. The second-order valence-corrected chi connectivity index (χ2v) is 3.76. The van der Waals surface area contributed by atoms with Gasteiger partial charge in [0.2, 0.25) is 0 Å². The van der Waals surface area contributed by atoms with Crippen molar-refractivity contribution in [1.29, 1.82) is 0 Å². The van der Waals surface area contributed by atoms with E-state index in [0.29, 0.717) is 5.56 Å². The molecule has 6 heteroatoms. The van der Waals surface area contributed by atoms with Crippen molar-refractivity contribution in [3.8, 4) is 0 Å². The van der Waals surface area contributed by atoms with Crippen LogP contribution in [0.2, 0.25) is 0 Å². The highest BCUT2D eigenvalue weighted by atomic mass is 16.4. The molecule has 86 valence electrons. The van der Waals surface area contributed by atoms with E-state index in [4.69, 9.17) is 5.11 Å². The van der Waals surface area contributed by atoms with Crippen molar-refractivity contribution in [3.63, 3.8) is 0 Å². The molecule has 0 bridgehead atoms. The maximum Gasteiger partial charge on any atom is 0.322 e. The van der Waals surface area contributed by atoms with E-state index in [1.807, 2.05) is 4.68 Å². The molecule has 2 rings (SSSR count). The molecule has 1 aliphatic heterocycles. The molecule has 0 radical (unpaired) electrons. The Hall–Kier alpha value is -1.85. The fraction of sp³-hybridized carbons (Fsp3) is 0.500. The number of nitrogens with one attached hydrogen (secondary N) is 1. The number of hydrogen-bond acceptors (Lipinski definition) is 3. The van der Waals surface area contributed by atoms with Crippen molar-refractivity contribution < 1.29 is 14.7 Å². The first-order valence-electron chi connectivity index (χ1n) is 5.23. The standard InChI is InChI=1S/C10H13N3O3/c14-9(15)6-11-10(16)7-5-12-13-4-2-1-3-8(7)13/h5H,1-4,6H2,(H,11,16)(H,14,15). The summed E-state index contributed by atoms with van der Waals surface area (Å²) in [6.07, 6.45) is 4.46. The van der Waals surface area contributed by atoms with Gasteiger partial charge in [0, 0.05) is 6.54 Å². The molecule has 0 spiro atoms. The van der Waals surface area contributed by atoms with Crippen LogP contribution in [-0.4, -0.2) is 33.3 Å². The van der Waals surface area contributed by atoms with Gasteiger partial charge in [-0.25, -0.2) is 0 Å². The zero-order valence-corrected chi connectivity index (χ0v) is 8.77. The molecule has 1 aromatic rings. The van der Waals surface area contributed by atoms with Gasteiger partial charge in [-0.1, -0.05) is 0 Å². The highest BCUT2D eigenvalue weighted by Crippen LogP contribution is 2.17. The van der Waals surface area contributed by atoms with Crippen molar-refractivity contribution in [1.82, 2.24) is 15.1 Å². The Morgan fingerprint density at radius 3 is 3.06 bits per heavy atom. The highest BCUT2D eigenvalue weighted by molar-refractivity contribution is 5.96. The van der Waals surface area contributed by atoms with E-state index >= 15 is 0 Å². The number of aryl methyl sites for hydroxylation is 1. The number of nitrogens with zero attached hydrogens (tertiary/aromatic N) is 2. The fourth-order valence-electron chi connectivity index (χ4n) is 1.86. The SMILES string of the molecule is O=C(O)CNC(=O)c1cnn2c1CCCC2. The highest BCUT2D eigenvalue weighted by Gasteiger charge is 2.19. The molecular weight excluding hydrogens is 210 g/mol. The molecule has 2 N–H and O–H groups in total. The number of amides is 1. The summed E-state index contributed by atoms with van der Waals surface area (Å²) in [5.41, 5.74) is 1.41. The van der Waals surface area contributed by atoms with Crippen LogP contribution in [0.5, 0.6) is 0 Å². The molecule has 0 atom stereocenters. The fourth-order valence-corrected chi connectivity index (χ4v) is 1.86. The predicted octanol–water partition coefficient (Wildman–Crippen LogP) is 0.0338. The lowest BCUT2D eigenvalue weighted by atomic mass is 10.1. The zero-order valence-electron chi connectivity index (χ0n) is 8.77. The van der Waals surface area contributed by atoms with Crippen LogP contribution in [0, 0.1) is 0 Å². The van der Waals surface area contributed by atoms with Crippen molar-refractivity contribution in [3.05, 3.63) is 17.5 Å². The Balaban J connectivity index is 2.11. The van der Waals surface area contributed by atoms with Gasteiger partial charge in [-0.2, -0.15) is 5.10 Å². The lowest BCUT2D eigenvalue weighted by molar-refractivity contribution is -0.135. The molecule has 0 unspecified atom stereocenters. The number of aliphatic carboxylic acids is 1. The van der Waals surface area contributed by atoms with E-state index in [0.717, 1.165) is 31.5 Å². The number of fused-ring (bicyclic) bond motifs is 1. The van der Waals surface area contributed by atoms with Crippen molar-refractivity contribution in [2.75, 3.05) is 6.54 Å². The number of rotatable bonds is 3. The lowest BCUT2D eigenvalue weighted by Gasteiger charge is -2.14. The van der Waals surface area contributed by atoms with Crippen LogP contribution < -0.4 is 5.32 Å². The average Bonchev–Trinajstić information content (AvgIpc) is 2.69. The van der Waals surface area contributed by atoms with Crippen molar-refractivity contribution >= 4 is 11.9 Å². The van der Waals surface area contributed by atoms with Crippen LogP contribution in [0.15, 0.2) is 6.20 Å². The molecule has 0 saturated carbocycles. The minimum Gasteiger partial charge on any atom is -0.480 e. The van der Waals surface area contributed by atoms with Crippen LogP contribution in [0.25, 0.3) is 0 Å². The van der Waals surface area contributed by atoms with Gasteiger partial charge in [0.15, 0.2) is 0 Å². The van der Waals surface area contributed by atoms with E-state index < -0.39 is 5.97 Å². The summed E-state index contributed by atoms with van der Waals surface area (Å²) in [6.45, 7) is 0.477. The van der Waals surface area contributed by atoms with E-state index in [9.17, 15) is 9.59 Å². The first kappa shape index (κ1) is 10.7. The zero-order chi connectivity index (χ0) is 11.5. The first-order chi connectivity index (χ1) is 7.68. The van der Waals surface area contributed by atoms with Crippen molar-refractivity contribution in [2.45, 2.75) is 25.8 Å². The topological polar surface area (TPSA) is 84.2 Å². The quantitative estimate of drug-likeness (QED) is 0.757. The Labute approximate surface area is 92.3 Å². The molecule has 1 aliphatic rings. The Bertz CT molecular complexity index is 425. The molecule has 6 nitrogen and oxygen atoms in total. The van der Waals surface area contributed by atoms with E-state index in [-0.39, 0.29) is 12.5 Å². The van der Waals surface area contributed by atoms with Gasteiger partial charge in [0.05, 0.1) is 17.5 Å². The normalized spacial score (nSPS) is 14.2. The Kier molecular flexibility index (Phi) is 2.89. The third-order valence-corrected chi connectivity index (χ3v) is 2.63. The number of carboxylic acid groups (broad SMARTS) is 1. The smallest absolute Gasteiger partial charge is 0.322 e. The number of aromatic nitrogens is 2. The molecule has 0 saturated heterocycles. The molecule has 2 heterocycles. The van der Waals surface area contributed by atoms with Crippen LogP contribution in [-0.2, 0) is 17.8 Å². The summed E-state index contributed by atoms with van der Waals surface area (Å²) in [5, 5.41) is 14.9. The third-order valence-electron chi connectivity index (χ3n) is 2.63. The number of carboxylic acids is 1. The summed E-state index contributed by atoms with van der Waals surface area (Å²) in [6, 6.07) is 0. The van der Waals surface area contributed by atoms with Gasteiger partial charge in [0.1, 0.15) is 6.54 Å². The molecule has 0 fully saturated rings. The number of carbonyl (C=O) groups is 2. The molecule has 1 amide bonds. The predicted molar refractivity (Wildman–Crippen MR) is 55.1 cm³/mol. The summed E-state index contributed by atoms with van der Waals surface area (Å²) in [4.78, 5) is 22.0. The third kappa shape index (κ3) is 2.05. The van der Waals surface area contributed by atoms with E-state index in [2.05, 4.69) is 10.4 Å². The second-order valence-electron chi connectivity index (χ2n) is 3.76. The lowest BCUT2D eigenvalue weighted by Crippen LogP contribution is -2.30. The Morgan fingerprint density at radius 1 is 1.50 bits per heavy atom.